The molecular weight excluding hydrogens is 261 g/mol. The number of aliphatic hydroxyl groups is 1. The molecule has 0 fully saturated rings. The molecule has 4 nitrogen and oxygen atoms in total. The van der Waals surface area contributed by atoms with Crippen LogP contribution in [-0.4, -0.2) is 28.6 Å². The quantitative estimate of drug-likeness (QED) is 0.882. The lowest BCUT2D eigenvalue weighted by molar-refractivity contribution is -0.138. The molecule has 1 amide bonds. The Morgan fingerprint density at radius 2 is 2.11 bits per heavy atom. The normalized spacial score (nSPS) is 13.4. The Labute approximate surface area is 108 Å². The fourth-order valence-corrected chi connectivity index (χ4v) is 1.35. The van der Waals surface area contributed by atoms with Crippen molar-refractivity contribution in [1.82, 2.24) is 10.3 Å². The van der Waals surface area contributed by atoms with Crippen molar-refractivity contribution in [2.45, 2.75) is 26.1 Å². The van der Waals surface area contributed by atoms with Crippen molar-refractivity contribution in [3.05, 3.63) is 29.6 Å². The number of nitrogens with one attached hydrogen (secondary N) is 1. The van der Waals surface area contributed by atoms with Gasteiger partial charge in [0.1, 0.15) is 0 Å². The van der Waals surface area contributed by atoms with E-state index in [0.717, 1.165) is 12.3 Å². The predicted molar refractivity (Wildman–Crippen MR) is 62.4 cm³/mol. The van der Waals surface area contributed by atoms with E-state index in [0.29, 0.717) is 6.20 Å². The van der Waals surface area contributed by atoms with Gasteiger partial charge in [-0.3, -0.25) is 9.78 Å². The van der Waals surface area contributed by atoms with Gasteiger partial charge >= 0.3 is 6.18 Å². The van der Waals surface area contributed by atoms with Gasteiger partial charge in [0.05, 0.1) is 17.2 Å². The summed E-state index contributed by atoms with van der Waals surface area (Å²) in [6, 6.07) is 1.000. The minimum Gasteiger partial charge on any atom is -0.391 e. The summed E-state index contributed by atoms with van der Waals surface area (Å²) < 4.78 is 38.0. The molecule has 0 spiro atoms. The van der Waals surface area contributed by atoms with E-state index in [1.807, 2.05) is 0 Å². The third-order valence-electron chi connectivity index (χ3n) is 2.61. The van der Waals surface area contributed by atoms with Crippen molar-refractivity contribution in [2.75, 3.05) is 6.54 Å². The van der Waals surface area contributed by atoms with Crippen LogP contribution in [0.15, 0.2) is 18.5 Å². The van der Waals surface area contributed by atoms with E-state index in [1.165, 1.54) is 0 Å². The lowest BCUT2D eigenvalue weighted by Crippen LogP contribution is -2.35. The number of hydrogen-bond acceptors (Lipinski definition) is 3. The maximum Gasteiger partial charge on any atom is 0.418 e. The van der Waals surface area contributed by atoms with Crippen LogP contribution in [0.2, 0.25) is 0 Å². The summed E-state index contributed by atoms with van der Waals surface area (Å²) >= 11 is 0. The Balaban J connectivity index is 2.83. The highest BCUT2D eigenvalue weighted by Crippen LogP contribution is 2.31. The predicted octanol–water partition coefficient (Wildman–Crippen LogP) is 1.85. The van der Waals surface area contributed by atoms with Crippen molar-refractivity contribution in [1.29, 1.82) is 0 Å². The second-order valence-corrected chi connectivity index (χ2v) is 4.44. The number of alkyl halides is 3. The monoisotopic (exact) mass is 276 g/mol. The average Bonchev–Trinajstić information content (AvgIpc) is 2.34. The number of aliphatic hydroxyl groups excluding tert-OH is 1. The van der Waals surface area contributed by atoms with Crippen LogP contribution in [0, 0.1) is 5.92 Å². The van der Waals surface area contributed by atoms with E-state index in [1.54, 1.807) is 13.8 Å². The van der Waals surface area contributed by atoms with Crippen molar-refractivity contribution >= 4 is 5.91 Å². The molecule has 19 heavy (non-hydrogen) atoms. The van der Waals surface area contributed by atoms with E-state index in [-0.39, 0.29) is 12.5 Å². The molecule has 0 bridgehead atoms. The zero-order chi connectivity index (χ0) is 14.6. The van der Waals surface area contributed by atoms with Crippen LogP contribution >= 0.6 is 0 Å². The summed E-state index contributed by atoms with van der Waals surface area (Å²) in [5.41, 5.74) is -1.59. The molecule has 0 radical (unpaired) electrons. The van der Waals surface area contributed by atoms with Crippen molar-refractivity contribution < 1.29 is 23.1 Å². The Hall–Kier alpha value is -1.63. The molecule has 1 aromatic heterocycles. The number of carbonyl (C=O) groups excluding carboxylic acids is 1. The SMILES string of the molecule is CC(C)C(O)CNC(=O)c1ccncc1C(F)(F)F. The number of nitrogens with zero attached hydrogens (tertiary/aromatic N) is 1. The van der Waals surface area contributed by atoms with Gasteiger partial charge in [0, 0.05) is 18.9 Å². The van der Waals surface area contributed by atoms with Crippen LogP contribution in [0.1, 0.15) is 29.8 Å². The van der Waals surface area contributed by atoms with Gasteiger partial charge in [-0.2, -0.15) is 13.2 Å². The van der Waals surface area contributed by atoms with Gasteiger partial charge in [0.25, 0.3) is 5.91 Å². The second kappa shape index (κ2) is 6.01. The first kappa shape index (κ1) is 15.4. The zero-order valence-corrected chi connectivity index (χ0v) is 10.5. The molecule has 0 saturated heterocycles. The first-order valence-corrected chi connectivity index (χ1v) is 5.71. The van der Waals surface area contributed by atoms with Crippen molar-refractivity contribution in [3.8, 4) is 0 Å². The number of rotatable bonds is 4. The topological polar surface area (TPSA) is 62.2 Å². The minimum absolute atomic E-state index is 0.0974. The number of hydrogen-bond donors (Lipinski definition) is 2. The van der Waals surface area contributed by atoms with Crippen LogP contribution in [0.3, 0.4) is 0 Å². The Morgan fingerprint density at radius 3 is 2.63 bits per heavy atom. The smallest absolute Gasteiger partial charge is 0.391 e. The molecule has 0 saturated carbocycles. The highest BCUT2D eigenvalue weighted by atomic mass is 19.4. The molecule has 0 aromatic carbocycles. The molecule has 1 heterocycles. The molecule has 7 heteroatoms. The molecule has 1 aromatic rings. The number of carbonyl (C=O) groups is 1. The second-order valence-electron chi connectivity index (χ2n) is 4.44. The molecule has 2 N–H and O–H groups in total. The average molecular weight is 276 g/mol. The van der Waals surface area contributed by atoms with Gasteiger partial charge in [0.15, 0.2) is 0 Å². The molecular formula is C12H15F3N2O2. The lowest BCUT2D eigenvalue weighted by Gasteiger charge is -2.16. The van der Waals surface area contributed by atoms with E-state index < -0.39 is 29.3 Å². The van der Waals surface area contributed by atoms with Crippen molar-refractivity contribution in [2.24, 2.45) is 5.92 Å². The maximum atomic E-state index is 12.7. The van der Waals surface area contributed by atoms with Gasteiger partial charge in [-0.1, -0.05) is 13.8 Å². The molecule has 0 aliphatic carbocycles. The van der Waals surface area contributed by atoms with Crippen LogP contribution in [0.25, 0.3) is 0 Å². The van der Waals surface area contributed by atoms with Crippen LogP contribution in [0.4, 0.5) is 13.2 Å². The largest absolute Gasteiger partial charge is 0.418 e. The summed E-state index contributed by atoms with van der Waals surface area (Å²) in [6.45, 7) is 3.38. The summed E-state index contributed by atoms with van der Waals surface area (Å²) in [6.07, 6.45) is -3.73. The Bertz CT molecular complexity index is 447. The molecule has 1 unspecified atom stereocenters. The lowest BCUT2D eigenvalue weighted by atomic mass is 10.1. The molecule has 1 atom stereocenters. The van der Waals surface area contributed by atoms with E-state index in [9.17, 15) is 23.1 Å². The van der Waals surface area contributed by atoms with Gasteiger partial charge in [-0.15, -0.1) is 0 Å². The summed E-state index contributed by atoms with van der Waals surface area (Å²) in [5, 5.41) is 11.8. The minimum atomic E-state index is -4.64. The highest BCUT2D eigenvalue weighted by Gasteiger charge is 2.35. The van der Waals surface area contributed by atoms with Gasteiger partial charge < -0.3 is 10.4 Å². The Morgan fingerprint density at radius 1 is 1.47 bits per heavy atom. The fourth-order valence-electron chi connectivity index (χ4n) is 1.35. The molecule has 0 aliphatic heterocycles. The molecule has 0 aliphatic rings. The first-order valence-electron chi connectivity index (χ1n) is 5.71. The van der Waals surface area contributed by atoms with Crippen LogP contribution < -0.4 is 5.32 Å². The number of aromatic nitrogens is 1. The third-order valence-corrected chi connectivity index (χ3v) is 2.61. The summed E-state index contributed by atoms with van der Waals surface area (Å²) in [5.74, 6) is -0.978. The van der Waals surface area contributed by atoms with Crippen molar-refractivity contribution in [3.63, 3.8) is 0 Å². The Kier molecular flexibility index (Phi) is 4.88. The van der Waals surface area contributed by atoms with E-state index in [4.69, 9.17) is 0 Å². The molecule has 1 rings (SSSR count). The first-order chi connectivity index (χ1) is 8.73. The van der Waals surface area contributed by atoms with Gasteiger partial charge in [-0.25, -0.2) is 0 Å². The number of halogens is 3. The van der Waals surface area contributed by atoms with Crippen LogP contribution in [-0.2, 0) is 6.18 Å². The van der Waals surface area contributed by atoms with Crippen LogP contribution in [0.5, 0.6) is 0 Å². The molecule has 106 valence electrons. The zero-order valence-electron chi connectivity index (χ0n) is 10.5. The number of pyridine rings is 1. The summed E-state index contributed by atoms with van der Waals surface area (Å²) in [4.78, 5) is 15.1. The maximum absolute atomic E-state index is 12.7. The third kappa shape index (κ3) is 4.20. The van der Waals surface area contributed by atoms with E-state index in [2.05, 4.69) is 10.3 Å². The standard InChI is InChI=1S/C12H15F3N2O2/c1-7(2)10(18)6-17-11(19)8-3-4-16-5-9(8)12(13,14)15/h3-5,7,10,18H,6H2,1-2H3,(H,17,19). The fraction of sp³-hybridized carbons (Fsp3) is 0.500. The number of amides is 1. The van der Waals surface area contributed by atoms with Gasteiger partial charge in [-0.05, 0) is 12.0 Å². The highest BCUT2D eigenvalue weighted by molar-refractivity contribution is 5.95. The van der Waals surface area contributed by atoms with Gasteiger partial charge in [0.2, 0.25) is 0 Å². The summed E-state index contributed by atoms with van der Waals surface area (Å²) in [7, 11) is 0. The van der Waals surface area contributed by atoms with E-state index >= 15 is 0 Å².